The molecule has 2 saturated heterocycles. The number of piperidine rings is 1. The molecule has 0 radical (unpaired) electrons. The van der Waals surface area contributed by atoms with Crippen molar-refractivity contribution in [3.63, 3.8) is 0 Å². The number of ether oxygens (including phenoxy) is 1. The van der Waals surface area contributed by atoms with Gasteiger partial charge in [0.2, 0.25) is 5.91 Å². The highest BCUT2D eigenvalue weighted by Gasteiger charge is 2.41. The minimum absolute atomic E-state index is 0.0471. The second-order valence-corrected chi connectivity index (χ2v) is 8.63. The maximum atomic E-state index is 12.6. The molecule has 2 fully saturated rings. The monoisotopic (exact) mass is 406 g/mol. The van der Waals surface area contributed by atoms with Crippen LogP contribution < -0.4 is 0 Å². The van der Waals surface area contributed by atoms with Crippen LogP contribution in [0.5, 0.6) is 0 Å². The van der Waals surface area contributed by atoms with Gasteiger partial charge in [-0.05, 0) is 25.0 Å². The molecular weight excluding hydrogens is 384 g/mol. The first-order chi connectivity index (χ1) is 13.4. The number of methoxy groups -OCH3 is 1. The van der Waals surface area contributed by atoms with E-state index in [0.29, 0.717) is 43.9 Å². The Hall–Kier alpha value is -2.46. The molecule has 1 aromatic rings. The van der Waals surface area contributed by atoms with E-state index in [1.54, 1.807) is 29.2 Å². The maximum absolute atomic E-state index is 12.6. The van der Waals surface area contributed by atoms with E-state index in [1.165, 1.54) is 12.0 Å². The minimum atomic E-state index is -3.65. The molecule has 1 aromatic carbocycles. The number of carbonyl (C=O) groups excluding carboxylic acids is 2. The van der Waals surface area contributed by atoms with Crippen LogP contribution >= 0.6 is 0 Å². The molecule has 3 aliphatic rings. The minimum Gasteiger partial charge on any atom is -0.383 e. The zero-order valence-electron chi connectivity index (χ0n) is 15.6. The fourth-order valence-corrected chi connectivity index (χ4v) is 5.18. The highest BCUT2D eigenvalue weighted by atomic mass is 32.2. The Kier molecular flexibility index (Phi) is 4.84. The Morgan fingerprint density at radius 1 is 1.18 bits per heavy atom. The van der Waals surface area contributed by atoms with Gasteiger partial charge in [-0.1, -0.05) is 12.1 Å². The van der Waals surface area contributed by atoms with Gasteiger partial charge in [0.05, 0.1) is 13.2 Å². The molecule has 28 heavy (non-hydrogen) atoms. The van der Waals surface area contributed by atoms with Gasteiger partial charge in [-0.15, -0.1) is 4.40 Å². The number of hydrogen-bond donors (Lipinski definition) is 0. The van der Waals surface area contributed by atoms with Crippen molar-refractivity contribution in [3.05, 3.63) is 29.8 Å². The van der Waals surface area contributed by atoms with Gasteiger partial charge in [0, 0.05) is 31.8 Å². The lowest BCUT2D eigenvalue weighted by atomic mass is 10.0. The smallest absolute Gasteiger partial charge is 0.327 e. The molecule has 0 aromatic heterocycles. The summed E-state index contributed by atoms with van der Waals surface area (Å²) in [4.78, 5) is 29.7. The van der Waals surface area contributed by atoms with Crippen LogP contribution in [0, 0.1) is 0 Å². The highest BCUT2D eigenvalue weighted by Crippen LogP contribution is 2.30. The highest BCUT2D eigenvalue weighted by molar-refractivity contribution is 7.90. The first-order valence-electron chi connectivity index (χ1n) is 9.21. The average molecular weight is 406 g/mol. The first kappa shape index (κ1) is 18.9. The molecule has 0 atom stereocenters. The number of imide groups is 1. The van der Waals surface area contributed by atoms with Crippen molar-refractivity contribution in [3.8, 4) is 0 Å². The number of urea groups is 1. The standard InChI is InChI=1S/C18H22N4O5S/c1-27-11-10-21-16(23)12-22(18(21)24)13-6-8-20(9-7-13)17-14-4-2-3-5-15(14)28(25,26)19-17/h2-5,13H,6-12H2,1H3. The number of amidine groups is 1. The summed E-state index contributed by atoms with van der Waals surface area (Å²) in [5.41, 5.74) is 0.624. The number of rotatable bonds is 4. The lowest BCUT2D eigenvalue weighted by Crippen LogP contribution is -2.48. The summed E-state index contributed by atoms with van der Waals surface area (Å²) in [7, 11) is -2.12. The van der Waals surface area contributed by atoms with Crippen molar-refractivity contribution in [1.29, 1.82) is 0 Å². The quantitative estimate of drug-likeness (QED) is 0.676. The predicted octanol–water partition coefficient (Wildman–Crippen LogP) is 0.511. The molecule has 0 spiro atoms. The zero-order chi connectivity index (χ0) is 19.9. The molecule has 0 aliphatic carbocycles. The fourth-order valence-electron chi connectivity index (χ4n) is 3.95. The Bertz CT molecular complexity index is 937. The molecule has 0 N–H and O–H groups in total. The van der Waals surface area contributed by atoms with Gasteiger partial charge in [-0.25, -0.2) is 4.79 Å². The second kappa shape index (κ2) is 7.17. The van der Waals surface area contributed by atoms with Crippen molar-refractivity contribution in [1.82, 2.24) is 14.7 Å². The molecule has 3 amide bonds. The van der Waals surface area contributed by atoms with Gasteiger partial charge < -0.3 is 14.5 Å². The van der Waals surface area contributed by atoms with Crippen LogP contribution in [-0.4, -0.2) is 86.8 Å². The average Bonchev–Trinajstić information content (AvgIpc) is 3.13. The predicted molar refractivity (Wildman–Crippen MR) is 100 cm³/mol. The number of amides is 3. The van der Waals surface area contributed by atoms with E-state index in [4.69, 9.17) is 4.74 Å². The molecule has 4 rings (SSSR count). The Morgan fingerprint density at radius 3 is 2.61 bits per heavy atom. The summed E-state index contributed by atoms with van der Waals surface area (Å²) in [5, 5.41) is 0. The van der Waals surface area contributed by atoms with Crippen LogP contribution in [-0.2, 0) is 19.6 Å². The number of fused-ring (bicyclic) bond motifs is 1. The Balaban J connectivity index is 1.44. The summed E-state index contributed by atoms with van der Waals surface area (Å²) in [6.07, 6.45) is 1.30. The molecule has 3 aliphatic heterocycles. The van der Waals surface area contributed by atoms with E-state index < -0.39 is 10.0 Å². The van der Waals surface area contributed by atoms with Crippen molar-refractivity contribution in [2.75, 3.05) is 39.9 Å². The molecule has 10 heteroatoms. The van der Waals surface area contributed by atoms with E-state index in [9.17, 15) is 18.0 Å². The van der Waals surface area contributed by atoms with E-state index in [2.05, 4.69) is 4.40 Å². The SMILES string of the molecule is COCCN1C(=O)CN(C2CCN(C3=NS(=O)(=O)c4ccccc43)CC2)C1=O. The number of benzene rings is 1. The second-order valence-electron chi connectivity index (χ2n) is 7.05. The summed E-state index contributed by atoms with van der Waals surface area (Å²) in [6, 6.07) is 6.50. The van der Waals surface area contributed by atoms with Gasteiger partial charge >= 0.3 is 6.03 Å². The molecule has 150 valence electrons. The van der Waals surface area contributed by atoms with E-state index in [1.807, 2.05) is 4.90 Å². The van der Waals surface area contributed by atoms with Gasteiger partial charge in [0.1, 0.15) is 11.4 Å². The third kappa shape index (κ3) is 3.16. The van der Waals surface area contributed by atoms with Gasteiger partial charge in [-0.2, -0.15) is 8.42 Å². The summed E-state index contributed by atoms with van der Waals surface area (Å²) in [5.74, 6) is 0.268. The molecule has 0 saturated carbocycles. The lowest BCUT2D eigenvalue weighted by molar-refractivity contribution is -0.125. The van der Waals surface area contributed by atoms with Crippen molar-refractivity contribution in [2.45, 2.75) is 23.8 Å². The van der Waals surface area contributed by atoms with Gasteiger partial charge in [-0.3, -0.25) is 9.69 Å². The molecule has 0 unspecified atom stereocenters. The maximum Gasteiger partial charge on any atom is 0.327 e. The van der Waals surface area contributed by atoms with Crippen molar-refractivity contribution < 1.29 is 22.7 Å². The number of nitrogens with zero attached hydrogens (tertiary/aromatic N) is 4. The molecule has 3 heterocycles. The van der Waals surface area contributed by atoms with Crippen LogP contribution in [0.25, 0.3) is 0 Å². The lowest BCUT2D eigenvalue weighted by Gasteiger charge is -2.37. The Morgan fingerprint density at radius 2 is 1.89 bits per heavy atom. The molecule has 9 nitrogen and oxygen atoms in total. The Labute approximate surface area is 163 Å². The van der Waals surface area contributed by atoms with Crippen LogP contribution in [0.15, 0.2) is 33.6 Å². The third-order valence-electron chi connectivity index (χ3n) is 5.42. The zero-order valence-corrected chi connectivity index (χ0v) is 16.4. The number of hydrogen-bond acceptors (Lipinski definition) is 6. The van der Waals surface area contributed by atoms with Crippen molar-refractivity contribution >= 4 is 27.8 Å². The van der Waals surface area contributed by atoms with Crippen LogP contribution in [0.2, 0.25) is 0 Å². The van der Waals surface area contributed by atoms with Gasteiger partial charge in [0.15, 0.2) is 5.84 Å². The van der Waals surface area contributed by atoms with E-state index in [-0.39, 0.29) is 36.0 Å². The summed E-state index contributed by atoms with van der Waals surface area (Å²) in [6.45, 7) is 1.81. The summed E-state index contributed by atoms with van der Waals surface area (Å²) >= 11 is 0. The first-order valence-corrected chi connectivity index (χ1v) is 10.7. The third-order valence-corrected chi connectivity index (χ3v) is 6.74. The number of sulfonamides is 1. The summed E-state index contributed by atoms with van der Waals surface area (Å²) < 4.78 is 33.5. The van der Waals surface area contributed by atoms with Crippen LogP contribution in [0.1, 0.15) is 18.4 Å². The largest absolute Gasteiger partial charge is 0.383 e. The van der Waals surface area contributed by atoms with E-state index in [0.717, 1.165) is 0 Å². The number of likely N-dealkylation sites (tertiary alicyclic amines) is 1. The fraction of sp³-hybridized carbons (Fsp3) is 0.500. The molecule has 0 bridgehead atoms. The van der Waals surface area contributed by atoms with Crippen molar-refractivity contribution in [2.24, 2.45) is 4.40 Å². The number of carbonyl (C=O) groups is 2. The van der Waals surface area contributed by atoms with Crippen LogP contribution in [0.3, 0.4) is 0 Å². The normalized spacial score (nSPS) is 22.0. The molecular formula is C18H22N4O5S. The van der Waals surface area contributed by atoms with Gasteiger partial charge in [0.25, 0.3) is 10.0 Å². The topological polar surface area (TPSA) is 99.6 Å². The van der Waals surface area contributed by atoms with E-state index >= 15 is 0 Å². The van der Waals surface area contributed by atoms with Crippen LogP contribution in [0.4, 0.5) is 4.79 Å².